The zero-order valence-electron chi connectivity index (χ0n) is 26.2. The number of hydrogen-bond acceptors (Lipinski definition) is 3. The number of benzene rings is 2. The molecule has 0 N–H and O–H groups in total. The van der Waals surface area contributed by atoms with Crippen molar-refractivity contribution in [1.29, 1.82) is 0 Å². The fourth-order valence-electron chi connectivity index (χ4n) is 6.21. The van der Waals surface area contributed by atoms with Crippen LogP contribution in [0.4, 0.5) is 8.78 Å². The Bertz CT molecular complexity index is 1120. The SMILES string of the molecule is CCCCCCCCCCCCCCCC[C@]1(C)CCc2c(c(C)c(C)c(OC(C)=O)c2-c2cc(F)cc(F)c2)O1. The highest BCUT2D eigenvalue weighted by atomic mass is 19.1. The van der Waals surface area contributed by atoms with E-state index in [2.05, 4.69) is 13.8 Å². The van der Waals surface area contributed by atoms with Crippen LogP contribution < -0.4 is 9.47 Å². The number of halogens is 2. The van der Waals surface area contributed by atoms with E-state index >= 15 is 0 Å². The highest BCUT2D eigenvalue weighted by Gasteiger charge is 2.36. The van der Waals surface area contributed by atoms with Crippen LogP contribution >= 0.6 is 0 Å². The van der Waals surface area contributed by atoms with Gasteiger partial charge in [-0.3, -0.25) is 4.79 Å². The van der Waals surface area contributed by atoms with Crippen LogP contribution in [-0.2, 0) is 11.2 Å². The molecule has 1 aliphatic rings. The van der Waals surface area contributed by atoms with Gasteiger partial charge in [0.1, 0.15) is 28.7 Å². The molecule has 41 heavy (non-hydrogen) atoms. The lowest BCUT2D eigenvalue weighted by atomic mass is 9.82. The zero-order valence-corrected chi connectivity index (χ0v) is 26.2. The van der Waals surface area contributed by atoms with E-state index < -0.39 is 17.6 Å². The van der Waals surface area contributed by atoms with Crippen molar-refractivity contribution in [3.63, 3.8) is 0 Å². The lowest BCUT2D eigenvalue weighted by molar-refractivity contribution is -0.131. The van der Waals surface area contributed by atoms with E-state index in [-0.39, 0.29) is 5.60 Å². The minimum atomic E-state index is -0.667. The lowest BCUT2D eigenvalue weighted by Gasteiger charge is -2.38. The van der Waals surface area contributed by atoms with Crippen molar-refractivity contribution >= 4 is 5.97 Å². The molecular formula is C36H52F2O3. The predicted molar refractivity (Wildman–Crippen MR) is 165 cm³/mol. The maximum atomic E-state index is 14.2. The summed E-state index contributed by atoms with van der Waals surface area (Å²) in [6, 6.07) is 3.44. The normalized spacial score (nSPS) is 16.4. The summed E-state index contributed by atoms with van der Waals surface area (Å²) < 4.78 is 40.8. The number of ether oxygens (including phenoxy) is 2. The van der Waals surface area contributed by atoms with Crippen molar-refractivity contribution in [3.05, 3.63) is 46.5 Å². The van der Waals surface area contributed by atoms with Crippen LogP contribution in [0.15, 0.2) is 18.2 Å². The van der Waals surface area contributed by atoms with E-state index in [4.69, 9.17) is 9.47 Å². The molecule has 228 valence electrons. The predicted octanol–water partition coefficient (Wildman–Crippen LogP) is 11.1. The number of hydrogen-bond donors (Lipinski definition) is 0. The number of carbonyl (C=O) groups is 1. The second-order valence-electron chi connectivity index (χ2n) is 12.4. The third kappa shape index (κ3) is 9.82. The van der Waals surface area contributed by atoms with Gasteiger partial charge in [-0.1, -0.05) is 90.4 Å². The molecule has 3 rings (SSSR count). The Morgan fingerprint density at radius 3 is 1.85 bits per heavy atom. The van der Waals surface area contributed by atoms with E-state index in [0.29, 0.717) is 23.3 Å². The molecule has 0 saturated heterocycles. The standard InChI is InChI=1S/C36H52F2O3/c1-6-7-8-9-10-11-12-13-14-15-16-17-18-19-21-36(5)22-20-32-33(29-23-30(37)25-31(38)24-29)35(40-28(4)39)27(3)26(2)34(32)41-36/h23-25H,6-22H2,1-5H3/t36-/m1/s1. The van der Waals surface area contributed by atoms with Gasteiger partial charge in [-0.2, -0.15) is 0 Å². The van der Waals surface area contributed by atoms with Crippen LogP contribution in [0.1, 0.15) is 140 Å². The van der Waals surface area contributed by atoms with Crippen molar-refractivity contribution in [2.24, 2.45) is 0 Å². The molecule has 0 spiro atoms. The molecule has 0 fully saturated rings. The number of unbranched alkanes of at least 4 members (excludes halogenated alkanes) is 13. The summed E-state index contributed by atoms with van der Waals surface area (Å²) in [6.45, 7) is 9.63. The smallest absolute Gasteiger partial charge is 0.308 e. The first-order chi connectivity index (χ1) is 19.6. The monoisotopic (exact) mass is 570 g/mol. The third-order valence-corrected chi connectivity index (χ3v) is 8.76. The van der Waals surface area contributed by atoms with Gasteiger partial charge in [0.15, 0.2) is 0 Å². The molecule has 1 heterocycles. The van der Waals surface area contributed by atoms with Gasteiger partial charge < -0.3 is 9.47 Å². The van der Waals surface area contributed by atoms with Gasteiger partial charge in [0.2, 0.25) is 0 Å². The molecule has 2 aromatic rings. The van der Waals surface area contributed by atoms with Gasteiger partial charge in [-0.15, -0.1) is 0 Å². The van der Waals surface area contributed by atoms with Gasteiger partial charge in [-0.25, -0.2) is 8.78 Å². The molecule has 0 unspecified atom stereocenters. The summed E-state index contributed by atoms with van der Waals surface area (Å²) in [7, 11) is 0. The minimum absolute atomic E-state index is 0.297. The second-order valence-corrected chi connectivity index (χ2v) is 12.4. The maximum Gasteiger partial charge on any atom is 0.308 e. The first kappa shape index (κ1) is 33.1. The Balaban J connectivity index is 1.55. The topological polar surface area (TPSA) is 35.5 Å². The molecule has 1 atom stereocenters. The van der Waals surface area contributed by atoms with Crippen molar-refractivity contribution in [3.8, 4) is 22.6 Å². The van der Waals surface area contributed by atoms with E-state index in [0.717, 1.165) is 47.8 Å². The fourth-order valence-corrected chi connectivity index (χ4v) is 6.21. The molecule has 5 heteroatoms. The molecule has 0 radical (unpaired) electrons. The van der Waals surface area contributed by atoms with Gasteiger partial charge in [0.05, 0.1) is 0 Å². The quantitative estimate of drug-likeness (QED) is 0.108. The molecule has 0 amide bonds. The number of carbonyl (C=O) groups excluding carboxylic acids is 1. The van der Waals surface area contributed by atoms with E-state index in [1.54, 1.807) is 0 Å². The van der Waals surface area contributed by atoms with Crippen LogP contribution in [0.5, 0.6) is 11.5 Å². The average molecular weight is 571 g/mol. The molecular weight excluding hydrogens is 518 g/mol. The third-order valence-electron chi connectivity index (χ3n) is 8.76. The second kappa shape index (κ2) is 16.3. The first-order valence-electron chi connectivity index (χ1n) is 16.1. The molecule has 1 aliphatic heterocycles. The van der Waals surface area contributed by atoms with Crippen LogP contribution in [0.3, 0.4) is 0 Å². The number of fused-ring (bicyclic) bond motifs is 1. The lowest BCUT2D eigenvalue weighted by Crippen LogP contribution is -2.37. The van der Waals surface area contributed by atoms with Gasteiger partial charge >= 0.3 is 5.97 Å². The molecule has 0 aliphatic carbocycles. The summed E-state index contributed by atoms with van der Waals surface area (Å²) in [5.74, 6) is -0.680. The number of esters is 1. The van der Waals surface area contributed by atoms with E-state index in [1.807, 2.05) is 13.8 Å². The van der Waals surface area contributed by atoms with E-state index in [1.165, 1.54) is 103 Å². The van der Waals surface area contributed by atoms with Crippen LogP contribution in [0, 0.1) is 25.5 Å². The van der Waals surface area contributed by atoms with Crippen molar-refractivity contribution in [2.45, 2.75) is 149 Å². The average Bonchev–Trinajstić information content (AvgIpc) is 2.91. The summed E-state index contributed by atoms with van der Waals surface area (Å²) in [5.41, 5.74) is 3.12. The van der Waals surface area contributed by atoms with Gasteiger partial charge in [0, 0.05) is 24.1 Å². The fraction of sp³-hybridized carbons (Fsp3) is 0.639. The molecule has 0 saturated carbocycles. The zero-order chi connectivity index (χ0) is 29.8. The highest BCUT2D eigenvalue weighted by molar-refractivity contribution is 5.83. The summed E-state index contributed by atoms with van der Waals surface area (Å²) in [4.78, 5) is 12.0. The largest absolute Gasteiger partial charge is 0.487 e. The van der Waals surface area contributed by atoms with Gasteiger partial charge in [-0.05, 0) is 75.3 Å². The van der Waals surface area contributed by atoms with Crippen LogP contribution in [0.25, 0.3) is 11.1 Å². The molecule has 2 aromatic carbocycles. The van der Waals surface area contributed by atoms with Crippen molar-refractivity contribution < 1.29 is 23.0 Å². The Kier molecular flexibility index (Phi) is 13.1. The van der Waals surface area contributed by atoms with Crippen molar-refractivity contribution in [1.82, 2.24) is 0 Å². The summed E-state index contributed by atoms with van der Waals surface area (Å²) in [6.07, 6.45) is 21.1. The Labute approximate surface area is 247 Å². The summed E-state index contributed by atoms with van der Waals surface area (Å²) >= 11 is 0. The summed E-state index contributed by atoms with van der Waals surface area (Å²) in [5, 5.41) is 0. The van der Waals surface area contributed by atoms with E-state index in [9.17, 15) is 13.6 Å². The van der Waals surface area contributed by atoms with Gasteiger partial charge in [0.25, 0.3) is 0 Å². The number of rotatable bonds is 17. The first-order valence-corrected chi connectivity index (χ1v) is 16.1. The molecule has 3 nitrogen and oxygen atoms in total. The Morgan fingerprint density at radius 2 is 1.34 bits per heavy atom. The minimum Gasteiger partial charge on any atom is -0.487 e. The Morgan fingerprint density at radius 1 is 0.829 bits per heavy atom. The van der Waals surface area contributed by atoms with Crippen LogP contribution in [-0.4, -0.2) is 11.6 Å². The highest BCUT2D eigenvalue weighted by Crippen LogP contribution is 2.49. The Hall–Kier alpha value is -2.43. The molecule has 0 bridgehead atoms. The maximum absolute atomic E-state index is 14.2. The van der Waals surface area contributed by atoms with Crippen LogP contribution in [0.2, 0.25) is 0 Å². The molecule has 0 aromatic heterocycles. The van der Waals surface area contributed by atoms with Crippen molar-refractivity contribution in [2.75, 3.05) is 0 Å².